The van der Waals surface area contributed by atoms with Crippen molar-refractivity contribution >= 4 is 21.6 Å². The summed E-state index contributed by atoms with van der Waals surface area (Å²) < 4.78 is 36.8. The summed E-state index contributed by atoms with van der Waals surface area (Å²) in [5.41, 5.74) is 2.83. The van der Waals surface area contributed by atoms with Crippen molar-refractivity contribution in [3.8, 4) is 5.75 Å². The predicted octanol–water partition coefficient (Wildman–Crippen LogP) is 1.85. The summed E-state index contributed by atoms with van der Waals surface area (Å²) in [5.74, 6) is 0.927. The molecule has 21 heavy (non-hydrogen) atoms. The maximum Gasteiger partial charge on any atom is 0.229 e. The van der Waals surface area contributed by atoms with Gasteiger partial charge in [0.1, 0.15) is 18.0 Å². The van der Waals surface area contributed by atoms with Crippen LogP contribution in [0.2, 0.25) is 0 Å². The van der Waals surface area contributed by atoms with Gasteiger partial charge in [0.05, 0.1) is 25.0 Å². The Morgan fingerprint density at radius 2 is 2.10 bits per heavy atom. The molecule has 1 aromatic carbocycles. The quantitative estimate of drug-likeness (QED) is 0.920. The SMILES string of the molecule is COc1c(C)c(C)cc(C2=N[C@@H](C)CO2)c1NS(C)(=O)=O. The van der Waals surface area contributed by atoms with Crippen molar-refractivity contribution in [1.29, 1.82) is 0 Å². The first-order chi connectivity index (χ1) is 9.73. The zero-order valence-electron chi connectivity index (χ0n) is 12.9. The number of hydrogen-bond donors (Lipinski definition) is 1. The van der Waals surface area contributed by atoms with Crippen LogP contribution in [0.25, 0.3) is 0 Å². The number of rotatable bonds is 4. The lowest BCUT2D eigenvalue weighted by molar-refractivity contribution is 0.324. The number of hydrogen-bond acceptors (Lipinski definition) is 5. The van der Waals surface area contributed by atoms with Crippen LogP contribution in [-0.2, 0) is 14.8 Å². The molecule has 0 fully saturated rings. The fourth-order valence-electron chi connectivity index (χ4n) is 2.22. The van der Waals surface area contributed by atoms with Crippen LogP contribution in [0.15, 0.2) is 11.1 Å². The van der Waals surface area contributed by atoms with Gasteiger partial charge < -0.3 is 9.47 Å². The Bertz CT molecular complexity index is 695. The number of nitrogens with zero attached hydrogens (tertiary/aromatic N) is 1. The van der Waals surface area contributed by atoms with Crippen LogP contribution < -0.4 is 9.46 Å². The second-order valence-electron chi connectivity index (χ2n) is 5.24. The van der Waals surface area contributed by atoms with Gasteiger partial charge in [-0.2, -0.15) is 0 Å². The van der Waals surface area contributed by atoms with Crippen molar-refractivity contribution in [2.24, 2.45) is 4.99 Å². The second kappa shape index (κ2) is 5.55. The lowest BCUT2D eigenvalue weighted by atomic mass is 10.0. The smallest absolute Gasteiger partial charge is 0.229 e. The van der Waals surface area contributed by atoms with Crippen LogP contribution in [0.3, 0.4) is 0 Å². The summed E-state index contributed by atoms with van der Waals surface area (Å²) in [7, 11) is -1.93. The van der Waals surface area contributed by atoms with Crippen molar-refractivity contribution in [1.82, 2.24) is 0 Å². The fraction of sp³-hybridized carbons (Fsp3) is 0.500. The van der Waals surface area contributed by atoms with E-state index in [4.69, 9.17) is 9.47 Å². The molecule has 1 aromatic rings. The van der Waals surface area contributed by atoms with E-state index in [-0.39, 0.29) is 6.04 Å². The Kier molecular flexibility index (Phi) is 4.13. The summed E-state index contributed by atoms with van der Waals surface area (Å²) in [6.45, 7) is 6.24. The Labute approximate surface area is 125 Å². The molecule has 1 atom stereocenters. The topological polar surface area (TPSA) is 77.0 Å². The van der Waals surface area contributed by atoms with Gasteiger partial charge in [-0.1, -0.05) is 0 Å². The van der Waals surface area contributed by atoms with Gasteiger partial charge in [-0.05, 0) is 38.0 Å². The molecule has 116 valence electrons. The molecule has 0 saturated heterocycles. The normalized spacial score (nSPS) is 18.1. The Morgan fingerprint density at radius 1 is 1.43 bits per heavy atom. The highest BCUT2D eigenvalue weighted by Crippen LogP contribution is 2.36. The summed E-state index contributed by atoms with van der Waals surface area (Å²) in [5, 5.41) is 0. The van der Waals surface area contributed by atoms with Crippen LogP contribution in [0.4, 0.5) is 5.69 Å². The molecule has 2 rings (SSSR count). The number of sulfonamides is 1. The van der Waals surface area contributed by atoms with E-state index in [1.807, 2.05) is 26.8 Å². The molecule has 0 bridgehead atoms. The third-order valence-corrected chi connectivity index (χ3v) is 3.89. The minimum Gasteiger partial charge on any atom is -0.494 e. The minimum absolute atomic E-state index is 0.0543. The number of anilines is 1. The minimum atomic E-state index is -3.45. The van der Waals surface area contributed by atoms with E-state index in [1.54, 1.807) is 0 Å². The third-order valence-electron chi connectivity index (χ3n) is 3.31. The lowest BCUT2D eigenvalue weighted by Gasteiger charge is -2.18. The van der Waals surface area contributed by atoms with Crippen LogP contribution in [0.5, 0.6) is 5.75 Å². The van der Waals surface area contributed by atoms with E-state index >= 15 is 0 Å². The molecule has 0 radical (unpaired) electrons. The van der Waals surface area contributed by atoms with Gasteiger partial charge in [-0.3, -0.25) is 4.72 Å². The Morgan fingerprint density at radius 3 is 2.57 bits per heavy atom. The average Bonchev–Trinajstić information content (AvgIpc) is 2.79. The largest absolute Gasteiger partial charge is 0.494 e. The molecule has 1 aliphatic heterocycles. The van der Waals surface area contributed by atoms with Crippen molar-refractivity contribution in [3.05, 3.63) is 22.8 Å². The summed E-state index contributed by atoms with van der Waals surface area (Å²) in [4.78, 5) is 4.40. The maximum absolute atomic E-state index is 11.6. The number of benzene rings is 1. The molecule has 1 aliphatic rings. The first-order valence-corrected chi connectivity index (χ1v) is 8.49. The van der Waals surface area contributed by atoms with Gasteiger partial charge in [-0.15, -0.1) is 0 Å². The van der Waals surface area contributed by atoms with Crippen molar-refractivity contribution in [3.63, 3.8) is 0 Å². The molecule has 0 saturated carbocycles. The van der Waals surface area contributed by atoms with Crippen molar-refractivity contribution in [2.45, 2.75) is 26.8 Å². The lowest BCUT2D eigenvalue weighted by Crippen LogP contribution is -2.16. The number of nitrogens with one attached hydrogen (secondary N) is 1. The molecule has 0 unspecified atom stereocenters. The maximum atomic E-state index is 11.6. The second-order valence-corrected chi connectivity index (χ2v) is 6.99. The van der Waals surface area contributed by atoms with Crippen molar-refractivity contribution in [2.75, 3.05) is 24.7 Å². The third kappa shape index (κ3) is 3.29. The molecule has 1 N–H and O–H groups in total. The zero-order valence-corrected chi connectivity index (χ0v) is 13.7. The van der Waals surface area contributed by atoms with E-state index in [0.29, 0.717) is 29.5 Å². The summed E-state index contributed by atoms with van der Waals surface area (Å²) in [6.07, 6.45) is 1.10. The van der Waals surface area contributed by atoms with Gasteiger partial charge in [-0.25, -0.2) is 13.4 Å². The highest BCUT2D eigenvalue weighted by molar-refractivity contribution is 7.92. The van der Waals surface area contributed by atoms with Crippen molar-refractivity contribution < 1.29 is 17.9 Å². The molecule has 0 aliphatic carbocycles. The molecular formula is C14H20N2O4S. The van der Waals surface area contributed by atoms with Crippen LogP contribution >= 0.6 is 0 Å². The molecule has 1 heterocycles. The van der Waals surface area contributed by atoms with E-state index < -0.39 is 10.0 Å². The number of aryl methyl sites for hydroxylation is 1. The highest BCUT2D eigenvalue weighted by atomic mass is 32.2. The standard InChI is InChI=1S/C14H20N2O4S/c1-8-6-11(14-15-9(2)7-20-14)12(16-21(5,17)18)13(19-4)10(8)3/h6,9,16H,7H2,1-5H3/t9-/m0/s1. The monoisotopic (exact) mass is 312 g/mol. The van der Waals surface area contributed by atoms with Gasteiger partial charge in [0.25, 0.3) is 0 Å². The molecule has 0 amide bonds. The Hall–Kier alpha value is -1.76. The van der Waals surface area contributed by atoms with Gasteiger partial charge in [0.2, 0.25) is 15.9 Å². The van der Waals surface area contributed by atoms with E-state index in [1.165, 1.54) is 7.11 Å². The van der Waals surface area contributed by atoms with Crippen LogP contribution in [-0.4, -0.2) is 40.3 Å². The number of aliphatic imine (C=N–C) groups is 1. The van der Waals surface area contributed by atoms with Crippen LogP contribution in [0.1, 0.15) is 23.6 Å². The highest BCUT2D eigenvalue weighted by Gasteiger charge is 2.25. The first-order valence-electron chi connectivity index (χ1n) is 6.60. The van der Waals surface area contributed by atoms with E-state index in [9.17, 15) is 8.42 Å². The number of ether oxygens (including phenoxy) is 2. The average molecular weight is 312 g/mol. The van der Waals surface area contributed by atoms with E-state index in [2.05, 4.69) is 9.71 Å². The van der Waals surface area contributed by atoms with Gasteiger partial charge in [0, 0.05) is 0 Å². The summed E-state index contributed by atoms with van der Waals surface area (Å²) >= 11 is 0. The molecule has 0 aromatic heterocycles. The van der Waals surface area contributed by atoms with Gasteiger partial charge in [0.15, 0.2) is 0 Å². The first kappa shape index (κ1) is 15.6. The Balaban J connectivity index is 2.68. The number of methoxy groups -OCH3 is 1. The zero-order chi connectivity index (χ0) is 15.8. The fourth-order valence-corrected chi connectivity index (χ4v) is 2.79. The molecule has 7 heteroatoms. The van der Waals surface area contributed by atoms with Gasteiger partial charge >= 0.3 is 0 Å². The van der Waals surface area contributed by atoms with E-state index in [0.717, 1.165) is 17.4 Å². The molecule has 6 nitrogen and oxygen atoms in total. The molecular weight excluding hydrogens is 292 g/mol. The van der Waals surface area contributed by atoms with Crippen LogP contribution in [0, 0.1) is 13.8 Å². The molecule has 0 spiro atoms. The summed E-state index contributed by atoms with van der Waals surface area (Å²) in [6, 6.07) is 1.92. The predicted molar refractivity (Wildman–Crippen MR) is 82.9 cm³/mol.